The van der Waals surface area contributed by atoms with Crippen LogP contribution in [-0.2, 0) is 18.3 Å². The largest absolute Gasteiger partial charge is 0.481 e. The number of thiazole rings is 1. The highest BCUT2D eigenvalue weighted by atomic mass is 32.1. The minimum atomic E-state index is -0.814. The lowest BCUT2D eigenvalue weighted by molar-refractivity contribution is -0.136. The first-order chi connectivity index (χ1) is 5.65. The summed E-state index contributed by atoms with van der Waals surface area (Å²) in [6, 6.07) is 0. The summed E-state index contributed by atoms with van der Waals surface area (Å²) in [7, 11) is 3.51. The Morgan fingerprint density at radius 2 is 2.50 bits per heavy atom. The zero-order chi connectivity index (χ0) is 9.14. The molecule has 0 aliphatic heterocycles. The van der Waals surface area contributed by atoms with Crippen LogP contribution in [0, 0.1) is 0 Å². The number of carbonyl (C=O) groups is 1. The molecule has 0 aromatic carbocycles. The Balaban J connectivity index is 3.03. The maximum absolute atomic E-state index is 10.4. The van der Waals surface area contributed by atoms with Gasteiger partial charge in [0.15, 0.2) is 4.80 Å². The van der Waals surface area contributed by atoms with E-state index in [4.69, 9.17) is 5.11 Å². The van der Waals surface area contributed by atoms with Crippen LogP contribution in [0.4, 0.5) is 0 Å². The molecule has 1 heterocycles. The third-order valence-corrected chi connectivity index (χ3v) is 2.60. The van der Waals surface area contributed by atoms with E-state index in [-0.39, 0.29) is 6.42 Å². The fourth-order valence-electron chi connectivity index (χ4n) is 0.920. The number of hydrogen-bond donors (Lipinski definition) is 1. The number of aliphatic carboxylic acids is 1. The number of aromatic nitrogens is 1. The number of nitrogens with zero attached hydrogens (tertiary/aromatic N) is 2. The first kappa shape index (κ1) is 8.99. The van der Waals surface area contributed by atoms with Crippen molar-refractivity contribution in [2.45, 2.75) is 6.42 Å². The van der Waals surface area contributed by atoms with Crippen molar-refractivity contribution in [3.05, 3.63) is 15.9 Å². The minimum Gasteiger partial charge on any atom is -0.481 e. The van der Waals surface area contributed by atoms with Crippen LogP contribution in [0.5, 0.6) is 0 Å². The van der Waals surface area contributed by atoms with E-state index in [1.165, 1.54) is 11.3 Å². The summed E-state index contributed by atoms with van der Waals surface area (Å²) in [5.74, 6) is -0.814. The summed E-state index contributed by atoms with van der Waals surface area (Å²) in [5, 5.41) is 10.3. The molecule has 4 nitrogen and oxygen atoms in total. The third-order valence-electron chi connectivity index (χ3n) is 1.54. The molecule has 1 rings (SSSR count). The van der Waals surface area contributed by atoms with E-state index in [0.717, 1.165) is 10.5 Å². The van der Waals surface area contributed by atoms with Crippen molar-refractivity contribution in [1.82, 2.24) is 4.57 Å². The number of carboxylic acid groups (broad SMARTS) is 1. The van der Waals surface area contributed by atoms with Crippen molar-refractivity contribution in [2.24, 2.45) is 12.0 Å². The highest BCUT2D eigenvalue weighted by Crippen LogP contribution is 2.00. The standard InChI is InChI=1S/C7H10N2O2S/c1-8-7-9(2)5(4-12-7)3-6(10)11/h4H,3H2,1-2H3,(H,10,11). The van der Waals surface area contributed by atoms with Crippen LogP contribution < -0.4 is 4.80 Å². The van der Waals surface area contributed by atoms with Crippen molar-refractivity contribution in [2.75, 3.05) is 7.05 Å². The Hall–Kier alpha value is -1.10. The highest BCUT2D eigenvalue weighted by molar-refractivity contribution is 7.07. The lowest BCUT2D eigenvalue weighted by atomic mass is 10.3. The summed E-state index contributed by atoms with van der Waals surface area (Å²) in [5.41, 5.74) is 0.785. The van der Waals surface area contributed by atoms with Crippen LogP contribution >= 0.6 is 11.3 Å². The second kappa shape index (κ2) is 3.53. The van der Waals surface area contributed by atoms with E-state index in [1.54, 1.807) is 11.6 Å². The normalized spacial score (nSPS) is 12.0. The fraction of sp³-hybridized carbons (Fsp3) is 0.429. The van der Waals surface area contributed by atoms with Gasteiger partial charge in [-0.15, -0.1) is 11.3 Å². The van der Waals surface area contributed by atoms with Crippen LogP contribution in [0.15, 0.2) is 10.4 Å². The Bertz CT molecular complexity index is 351. The monoisotopic (exact) mass is 186 g/mol. The number of rotatable bonds is 2. The maximum atomic E-state index is 10.4. The third kappa shape index (κ3) is 1.73. The van der Waals surface area contributed by atoms with E-state index in [1.807, 2.05) is 12.4 Å². The lowest BCUT2D eigenvalue weighted by Crippen LogP contribution is -2.15. The molecule has 0 fully saturated rings. The van der Waals surface area contributed by atoms with Gasteiger partial charge in [-0.05, 0) is 0 Å². The molecule has 0 amide bonds. The van der Waals surface area contributed by atoms with Crippen LogP contribution in [-0.4, -0.2) is 22.7 Å². The average molecular weight is 186 g/mol. The van der Waals surface area contributed by atoms with E-state index in [0.29, 0.717) is 0 Å². The van der Waals surface area contributed by atoms with Gasteiger partial charge in [-0.1, -0.05) is 0 Å². The van der Waals surface area contributed by atoms with Crippen LogP contribution in [0.3, 0.4) is 0 Å². The van der Waals surface area contributed by atoms with E-state index in [9.17, 15) is 4.79 Å². The molecule has 1 aromatic rings. The Morgan fingerprint density at radius 3 is 2.92 bits per heavy atom. The molecule has 0 aliphatic carbocycles. The van der Waals surface area contributed by atoms with E-state index in [2.05, 4.69) is 4.99 Å². The molecule has 0 saturated heterocycles. The van der Waals surface area contributed by atoms with E-state index >= 15 is 0 Å². The number of carboxylic acids is 1. The summed E-state index contributed by atoms with van der Waals surface area (Å²) < 4.78 is 1.79. The Kier molecular flexibility index (Phi) is 2.65. The predicted molar refractivity (Wildman–Crippen MR) is 46.1 cm³/mol. The molecule has 0 radical (unpaired) electrons. The predicted octanol–water partition coefficient (Wildman–Crippen LogP) is 0.244. The van der Waals surface area contributed by atoms with Gasteiger partial charge in [0.05, 0.1) is 6.42 Å². The topological polar surface area (TPSA) is 54.6 Å². The quantitative estimate of drug-likeness (QED) is 0.719. The molecule has 0 aliphatic rings. The second-order valence-electron chi connectivity index (χ2n) is 2.36. The maximum Gasteiger partial charge on any atom is 0.309 e. The molecule has 66 valence electrons. The molecule has 1 N–H and O–H groups in total. The highest BCUT2D eigenvalue weighted by Gasteiger charge is 2.04. The molecule has 0 unspecified atom stereocenters. The molecule has 0 spiro atoms. The second-order valence-corrected chi connectivity index (χ2v) is 3.20. The summed E-state index contributed by atoms with van der Waals surface area (Å²) in [6.07, 6.45) is 0.0581. The Morgan fingerprint density at radius 1 is 1.83 bits per heavy atom. The van der Waals surface area contributed by atoms with Crippen LogP contribution in [0.2, 0.25) is 0 Å². The molecule has 0 bridgehead atoms. The minimum absolute atomic E-state index is 0.0581. The molecular weight excluding hydrogens is 176 g/mol. The van der Waals surface area contributed by atoms with Gasteiger partial charge in [0.2, 0.25) is 0 Å². The zero-order valence-corrected chi connectivity index (χ0v) is 7.76. The fourth-order valence-corrected chi connectivity index (χ4v) is 1.78. The van der Waals surface area contributed by atoms with Crippen molar-refractivity contribution in [3.63, 3.8) is 0 Å². The van der Waals surface area contributed by atoms with Gasteiger partial charge < -0.3 is 9.67 Å². The number of hydrogen-bond acceptors (Lipinski definition) is 3. The van der Waals surface area contributed by atoms with Gasteiger partial charge in [0.25, 0.3) is 0 Å². The smallest absolute Gasteiger partial charge is 0.309 e. The van der Waals surface area contributed by atoms with Crippen molar-refractivity contribution in [1.29, 1.82) is 0 Å². The zero-order valence-electron chi connectivity index (χ0n) is 6.94. The molecule has 0 saturated carbocycles. The molecule has 1 aromatic heterocycles. The first-order valence-electron chi connectivity index (χ1n) is 3.43. The van der Waals surface area contributed by atoms with Crippen molar-refractivity contribution < 1.29 is 9.90 Å². The van der Waals surface area contributed by atoms with Crippen LogP contribution in [0.25, 0.3) is 0 Å². The SMILES string of the molecule is CN=c1scc(CC(=O)O)n1C. The molecule has 0 atom stereocenters. The lowest BCUT2D eigenvalue weighted by Gasteiger charge is -1.96. The van der Waals surface area contributed by atoms with Gasteiger partial charge >= 0.3 is 5.97 Å². The summed E-state index contributed by atoms with van der Waals surface area (Å²) in [4.78, 5) is 15.2. The molecular formula is C7H10N2O2S. The van der Waals surface area contributed by atoms with Gasteiger partial charge in [-0.3, -0.25) is 9.79 Å². The van der Waals surface area contributed by atoms with Crippen molar-refractivity contribution in [3.8, 4) is 0 Å². The van der Waals surface area contributed by atoms with Gasteiger partial charge in [-0.2, -0.15) is 0 Å². The van der Waals surface area contributed by atoms with Crippen LogP contribution in [0.1, 0.15) is 5.69 Å². The van der Waals surface area contributed by atoms with Crippen molar-refractivity contribution >= 4 is 17.3 Å². The average Bonchev–Trinajstić information content (AvgIpc) is 2.32. The molecule has 5 heteroatoms. The Labute approximate surface area is 73.8 Å². The van der Waals surface area contributed by atoms with Gasteiger partial charge in [-0.25, -0.2) is 0 Å². The van der Waals surface area contributed by atoms with E-state index < -0.39 is 5.97 Å². The first-order valence-corrected chi connectivity index (χ1v) is 4.31. The summed E-state index contributed by atoms with van der Waals surface area (Å²) >= 11 is 1.45. The van der Waals surface area contributed by atoms with Gasteiger partial charge in [0, 0.05) is 25.2 Å². The summed E-state index contributed by atoms with van der Waals surface area (Å²) in [6.45, 7) is 0. The van der Waals surface area contributed by atoms with Gasteiger partial charge in [0.1, 0.15) is 0 Å². The molecule has 12 heavy (non-hydrogen) atoms.